The summed E-state index contributed by atoms with van der Waals surface area (Å²) in [4.78, 5) is 0.0382. The fourth-order valence-corrected chi connectivity index (χ4v) is 0.838. The predicted molar refractivity (Wildman–Crippen MR) is 55.3 cm³/mol. The molecule has 1 heterocycles. The molecule has 0 spiro atoms. The summed E-state index contributed by atoms with van der Waals surface area (Å²) >= 11 is 4.64. The molecule has 5 nitrogen and oxygen atoms in total. The van der Waals surface area contributed by atoms with E-state index in [0.29, 0.717) is 5.88 Å². The second kappa shape index (κ2) is 4.39. The number of rotatable bonds is 3. The van der Waals surface area contributed by atoms with Gasteiger partial charge in [-0.3, -0.25) is 0 Å². The first-order chi connectivity index (χ1) is 6.63. The van der Waals surface area contributed by atoms with Crippen LogP contribution in [0.25, 0.3) is 0 Å². The summed E-state index contributed by atoms with van der Waals surface area (Å²) in [6, 6.07) is 3.53. The van der Waals surface area contributed by atoms with Crippen LogP contribution in [-0.2, 0) is 0 Å². The summed E-state index contributed by atoms with van der Waals surface area (Å²) in [7, 11) is 0. The molecule has 0 saturated heterocycles. The van der Waals surface area contributed by atoms with Gasteiger partial charge in [-0.2, -0.15) is 5.26 Å². The number of nitrogens with one attached hydrogen (secondary N) is 1. The van der Waals surface area contributed by atoms with Gasteiger partial charge in [0.25, 0.3) is 0 Å². The second-order valence-corrected chi connectivity index (χ2v) is 2.95. The summed E-state index contributed by atoms with van der Waals surface area (Å²) in [6.07, 6.45) is 1.38. The zero-order chi connectivity index (χ0) is 10.6. The molecule has 0 atom stereocenters. The third-order valence-corrected chi connectivity index (χ3v) is 1.59. The molecule has 0 aromatic carbocycles. The number of hydrogen-bond donors (Lipinski definition) is 2. The molecule has 0 unspecified atom stereocenters. The van der Waals surface area contributed by atoms with Gasteiger partial charge in [0.1, 0.15) is 16.6 Å². The fraction of sp³-hybridized carbons (Fsp3) is 0.125. The van der Waals surface area contributed by atoms with Crippen molar-refractivity contribution in [3.05, 3.63) is 23.5 Å². The van der Waals surface area contributed by atoms with Crippen LogP contribution in [0.4, 0.5) is 5.88 Å². The molecule has 14 heavy (non-hydrogen) atoms. The minimum atomic E-state index is 0.0382. The molecular formula is C8H8N4OS. The molecule has 3 N–H and O–H groups in total. The van der Waals surface area contributed by atoms with E-state index in [1.54, 1.807) is 13.0 Å². The average Bonchev–Trinajstić information content (AvgIpc) is 2.52. The van der Waals surface area contributed by atoms with Crippen molar-refractivity contribution in [3.8, 4) is 6.07 Å². The van der Waals surface area contributed by atoms with Crippen molar-refractivity contribution in [1.82, 2.24) is 5.16 Å². The summed E-state index contributed by atoms with van der Waals surface area (Å²) in [5.74, 6) is 0.437. The molecule has 0 aliphatic heterocycles. The monoisotopic (exact) mass is 208 g/mol. The van der Waals surface area contributed by atoms with Gasteiger partial charge in [-0.15, -0.1) is 0 Å². The lowest BCUT2D eigenvalue weighted by Crippen LogP contribution is -2.11. The molecule has 0 radical (unpaired) electrons. The fourth-order valence-electron chi connectivity index (χ4n) is 0.733. The van der Waals surface area contributed by atoms with Crippen molar-refractivity contribution in [1.29, 1.82) is 5.26 Å². The summed E-state index contributed by atoms with van der Waals surface area (Å²) in [6.45, 7) is 1.79. The van der Waals surface area contributed by atoms with E-state index in [0.717, 1.165) is 5.69 Å². The zero-order valence-electron chi connectivity index (χ0n) is 7.44. The van der Waals surface area contributed by atoms with E-state index in [1.807, 2.05) is 6.07 Å². The van der Waals surface area contributed by atoms with Gasteiger partial charge < -0.3 is 15.6 Å². The zero-order valence-corrected chi connectivity index (χ0v) is 8.26. The van der Waals surface area contributed by atoms with Crippen LogP contribution in [0.15, 0.2) is 22.4 Å². The SMILES string of the molecule is Cc1cc(N/C=C(/C#N)C(N)=S)on1. The minimum absolute atomic E-state index is 0.0382. The van der Waals surface area contributed by atoms with E-state index < -0.39 is 0 Å². The molecule has 0 amide bonds. The van der Waals surface area contributed by atoms with Crippen LogP contribution in [0.3, 0.4) is 0 Å². The van der Waals surface area contributed by atoms with E-state index in [-0.39, 0.29) is 10.6 Å². The Morgan fingerprint density at radius 2 is 2.57 bits per heavy atom. The van der Waals surface area contributed by atoms with Crippen LogP contribution in [0, 0.1) is 18.3 Å². The quantitative estimate of drug-likeness (QED) is 0.439. The van der Waals surface area contributed by atoms with Gasteiger partial charge in [-0.05, 0) is 6.92 Å². The van der Waals surface area contributed by atoms with Crippen molar-refractivity contribution in [2.24, 2.45) is 5.73 Å². The largest absolute Gasteiger partial charge is 0.389 e. The first kappa shape index (κ1) is 10.2. The first-order valence-corrected chi connectivity index (χ1v) is 4.14. The molecule has 0 saturated carbocycles. The highest BCUT2D eigenvalue weighted by Gasteiger charge is 2.00. The Morgan fingerprint density at radius 3 is 3.00 bits per heavy atom. The van der Waals surface area contributed by atoms with Crippen molar-refractivity contribution < 1.29 is 4.52 Å². The van der Waals surface area contributed by atoms with Gasteiger partial charge in [0.15, 0.2) is 0 Å². The highest BCUT2D eigenvalue weighted by Crippen LogP contribution is 2.08. The van der Waals surface area contributed by atoms with Crippen LogP contribution in [0.5, 0.6) is 0 Å². The highest BCUT2D eigenvalue weighted by molar-refractivity contribution is 7.80. The van der Waals surface area contributed by atoms with E-state index in [2.05, 4.69) is 22.7 Å². The van der Waals surface area contributed by atoms with Crippen molar-refractivity contribution in [3.63, 3.8) is 0 Å². The molecule has 0 aliphatic carbocycles. The van der Waals surface area contributed by atoms with Crippen LogP contribution < -0.4 is 11.1 Å². The summed E-state index contributed by atoms with van der Waals surface area (Å²) in [5, 5.41) is 15.0. The number of hydrogen-bond acceptors (Lipinski definition) is 5. The highest BCUT2D eigenvalue weighted by atomic mass is 32.1. The lowest BCUT2D eigenvalue weighted by Gasteiger charge is -1.94. The summed E-state index contributed by atoms with van der Waals surface area (Å²) < 4.78 is 4.84. The Bertz CT molecular complexity index is 415. The Labute approximate surface area is 86.2 Å². The predicted octanol–water partition coefficient (Wildman–Crippen LogP) is 1.09. The lowest BCUT2D eigenvalue weighted by molar-refractivity contribution is 0.429. The van der Waals surface area contributed by atoms with E-state index in [1.165, 1.54) is 6.20 Å². The molecule has 72 valence electrons. The number of thiocarbonyl (C=S) groups is 1. The Balaban J connectivity index is 2.72. The number of aryl methyl sites for hydroxylation is 1. The third kappa shape index (κ3) is 2.57. The van der Waals surface area contributed by atoms with Crippen LogP contribution in [0.2, 0.25) is 0 Å². The van der Waals surface area contributed by atoms with Crippen molar-refractivity contribution in [2.75, 3.05) is 5.32 Å². The topological polar surface area (TPSA) is 87.9 Å². The molecule has 0 bridgehead atoms. The van der Waals surface area contributed by atoms with Gasteiger partial charge >= 0.3 is 0 Å². The molecule has 0 aliphatic rings. The van der Waals surface area contributed by atoms with Crippen molar-refractivity contribution in [2.45, 2.75) is 6.92 Å². The number of nitrogens with two attached hydrogens (primary N) is 1. The van der Waals surface area contributed by atoms with Crippen LogP contribution in [-0.4, -0.2) is 10.1 Å². The Hall–Kier alpha value is -1.87. The van der Waals surface area contributed by atoms with Crippen molar-refractivity contribution >= 4 is 23.1 Å². The maximum Gasteiger partial charge on any atom is 0.228 e. The van der Waals surface area contributed by atoms with Gasteiger partial charge in [0.2, 0.25) is 5.88 Å². The number of aromatic nitrogens is 1. The maximum atomic E-state index is 8.61. The van der Waals surface area contributed by atoms with E-state index in [9.17, 15) is 0 Å². The summed E-state index contributed by atoms with van der Waals surface area (Å²) in [5.41, 5.74) is 6.21. The number of nitriles is 1. The molecule has 1 aromatic rings. The maximum absolute atomic E-state index is 8.61. The van der Waals surface area contributed by atoms with Gasteiger partial charge in [0, 0.05) is 12.3 Å². The molecule has 6 heteroatoms. The molecular weight excluding hydrogens is 200 g/mol. The van der Waals surface area contributed by atoms with E-state index >= 15 is 0 Å². The lowest BCUT2D eigenvalue weighted by atomic mass is 10.3. The molecule has 0 fully saturated rings. The van der Waals surface area contributed by atoms with Gasteiger partial charge in [-0.1, -0.05) is 17.4 Å². The standard InChI is InChI=1S/C8H8N4OS/c1-5-2-7(13-12-5)11-4-6(3-9)8(10)14/h2,4,11H,1H3,(H2,10,14)/b6-4-. The molecule has 1 rings (SSSR count). The van der Waals surface area contributed by atoms with Gasteiger partial charge in [-0.25, -0.2) is 0 Å². The van der Waals surface area contributed by atoms with Crippen LogP contribution >= 0.6 is 12.2 Å². The number of anilines is 1. The molecule has 1 aromatic heterocycles. The Morgan fingerprint density at radius 1 is 1.86 bits per heavy atom. The third-order valence-electron chi connectivity index (χ3n) is 1.37. The van der Waals surface area contributed by atoms with E-state index in [4.69, 9.17) is 15.5 Å². The minimum Gasteiger partial charge on any atom is -0.389 e. The Kier molecular flexibility index (Phi) is 3.20. The van der Waals surface area contributed by atoms with Gasteiger partial charge in [0.05, 0.1) is 5.69 Å². The smallest absolute Gasteiger partial charge is 0.228 e. The number of nitrogens with zero attached hydrogens (tertiary/aromatic N) is 2. The first-order valence-electron chi connectivity index (χ1n) is 3.73. The normalized spacial score (nSPS) is 10.7. The average molecular weight is 208 g/mol. The van der Waals surface area contributed by atoms with Crippen LogP contribution in [0.1, 0.15) is 5.69 Å². The second-order valence-electron chi connectivity index (χ2n) is 2.51.